The van der Waals surface area contributed by atoms with E-state index in [4.69, 9.17) is 9.84 Å². The summed E-state index contributed by atoms with van der Waals surface area (Å²) in [6.07, 6.45) is 7.49. The van der Waals surface area contributed by atoms with Crippen LogP contribution in [0.3, 0.4) is 0 Å². The molecule has 1 aliphatic heterocycles. The molecule has 136 valence electrons. The third-order valence-corrected chi connectivity index (χ3v) is 5.32. The van der Waals surface area contributed by atoms with Crippen molar-refractivity contribution in [1.82, 2.24) is 4.90 Å². The van der Waals surface area contributed by atoms with Gasteiger partial charge in [0.25, 0.3) is 5.91 Å². The van der Waals surface area contributed by atoms with Crippen LogP contribution in [0.1, 0.15) is 66.9 Å². The number of ether oxygens (including phenoxy) is 1. The van der Waals surface area contributed by atoms with Gasteiger partial charge in [0, 0.05) is 13.1 Å². The molecule has 0 saturated heterocycles. The molecule has 1 aromatic rings. The van der Waals surface area contributed by atoms with E-state index in [-0.39, 0.29) is 17.6 Å². The van der Waals surface area contributed by atoms with Gasteiger partial charge in [-0.3, -0.25) is 4.79 Å². The van der Waals surface area contributed by atoms with E-state index in [1.54, 1.807) is 17.0 Å². The number of carbonyl (C=O) groups is 2. The predicted octanol–water partition coefficient (Wildman–Crippen LogP) is 3.40. The minimum absolute atomic E-state index is 0.00984. The van der Waals surface area contributed by atoms with Crippen molar-refractivity contribution in [1.29, 1.82) is 0 Å². The lowest BCUT2D eigenvalue weighted by molar-refractivity contribution is -0.147. The van der Waals surface area contributed by atoms with Crippen LogP contribution in [-0.4, -0.2) is 40.6 Å². The first-order valence-electron chi connectivity index (χ1n) is 9.34. The van der Waals surface area contributed by atoms with Crippen LogP contribution in [0.5, 0.6) is 0 Å². The Morgan fingerprint density at radius 1 is 1.16 bits per heavy atom. The number of hydrogen-bond acceptors (Lipinski definition) is 3. The Bertz CT molecular complexity index is 635. The van der Waals surface area contributed by atoms with E-state index in [0.29, 0.717) is 13.1 Å². The molecule has 1 atom stereocenters. The molecule has 1 unspecified atom stereocenters. The highest BCUT2D eigenvalue weighted by Crippen LogP contribution is 2.24. The van der Waals surface area contributed by atoms with Gasteiger partial charge in [0.15, 0.2) is 0 Å². The monoisotopic (exact) mass is 345 g/mol. The maximum atomic E-state index is 12.8. The van der Waals surface area contributed by atoms with Crippen molar-refractivity contribution in [2.75, 3.05) is 6.54 Å². The Morgan fingerprint density at radius 3 is 2.56 bits per heavy atom. The molecule has 1 amide bonds. The molecule has 25 heavy (non-hydrogen) atoms. The van der Waals surface area contributed by atoms with Gasteiger partial charge in [-0.2, -0.15) is 0 Å². The number of carboxylic acids is 1. The first kappa shape index (κ1) is 17.9. The van der Waals surface area contributed by atoms with Crippen molar-refractivity contribution in [2.24, 2.45) is 0 Å². The molecule has 2 aliphatic rings. The molecule has 1 heterocycles. The van der Waals surface area contributed by atoms with Gasteiger partial charge < -0.3 is 14.7 Å². The van der Waals surface area contributed by atoms with Crippen molar-refractivity contribution in [3.05, 3.63) is 34.9 Å². The fourth-order valence-electron chi connectivity index (χ4n) is 3.86. The summed E-state index contributed by atoms with van der Waals surface area (Å²) in [4.78, 5) is 25.7. The van der Waals surface area contributed by atoms with Crippen LogP contribution in [0.4, 0.5) is 0 Å². The van der Waals surface area contributed by atoms with E-state index < -0.39 is 12.1 Å². The van der Waals surface area contributed by atoms with Crippen LogP contribution >= 0.6 is 0 Å². The summed E-state index contributed by atoms with van der Waals surface area (Å²) in [5, 5.41) is 9.15. The molecule has 0 radical (unpaired) electrons. The molecule has 5 nitrogen and oxygen atoms in total. The smallest absolute Gasteiger partial charge is 0.335 e. The summed E-state index contributed by atoms with van der Waals surface area (Å²) < 4.78 is 6.05. The van der Waals surface area contributed by atoms with Crippen molar-refractivity contribution >= 4 is 11.9 Å². The lowest BCUT2D eigenvalue weighted by Gasteiger charge is -2.32. The molecule has 0 aromatic heterocycles. The first-order valence-corrected chi connectivity index (χ1v) is 9.34. The molecule has 1 saturated carbocycles. The van der Waals surface area contributed by atoms with E-state index in [0.717, 1.165) is 30.4 Å². The first-order chi connectivity index (χ1) is 12.0. The molecule has 0 bridgehead atoms. The standard InChI is InChI=1S/C20H27NO4/c1-14(25-18-6-4-2-3-5-7-18)19(22)21-11-10-15-8-9-16(20(23)24)12-17(15)13-21/h8-9,12,14,18H,2-7,10-11,13H2,1H3,(H,23,24). The van der Waals surface area contributed by atoms with Crippen LogP contribution in [0.15, 0.2) is 18.2 Å². The summed E-state index contributed by atoms with van der Waals surface area (Å²) in [7, 11) is 0. The van der Waals surface area contributed by atoms with Gasteiger partial charge in [-0.15, -0.1) is 0 Å². The highest BCUT2D eigenvalue weighted by atomic mass is 16.5. The molecule has 1 N–H and O–H groups in total. The molecule has 1 aliphatic carbocycles. The highest BCUT2D eigenvalue weighted by molar-refractivity contribution is 5.88. The number of fused-ring (bicyclic) bond motifs is 1. The molecular formula is C20H27NO4. The van der Waals surface area contributed by atoms with E-state index in [2.05, 4.69) is 0 Å². The van der Waals surface area contributed by atoms with Gasteiger partial charge >= 0.3 is 5.97 Å². The van der Waals surface area contributed by atoms with Gasteiger partial charge in [0.2, 0.25) is 0 Å². The lowest BCUT2D eigenvalue weighted by Crippen LogP contribution is -2.43. The number of amides is 1. The second-order valence-corrected chi connectivity index (χ2v) is 7.19. The zero-order valence-electron chi connectivity index (χ0n) is 14.9. The van der Waals surface area contributed by atoms with Gasteiger partial charge in [-0.05, 0) is 49.4 Å². The second kappa shape index (κ2) is 8.00. The van der Waals surface area contributed by atoms with Crippen LogP contribution in [0.2, 0.25) is 0 Å². The van der Waals surface area contributed by atoms with Crippen LogP contribution in [0.25, 0.3) is 0 Å². The SMILES string of the molecule is CC(OC1CCCCCC1)C(=O)N1CCc2ccc(C(=O)O)cc2C1. The van der Waals surface area contributed by atoms with E-state index in [1.165, 1.54) is 25.7 Å². The van der Waals surface area contributed by atoms with Crippen molar-refractivity contribution < 1.29 is 19.4 Å². The molecule has 0 spiro atoms. The number of rotatable bonds is 4. The summed E-state index contributed by atoms with van der Waals surface area (Å²) >= 11 is 0. The van der Waals surface area contributed by atoms with Gasteiger partial charge in [0.05, 0.1) is 11.7 Å². The zero-order valence-corrected chi connectivity index (χ0v) is 14.9. The maximum absolute atomic E-state index is 12.8. The fourth-order valence-corrected chi connectivity index (χ4v) is 3.86. The average molecular weight is 345 g/mol. The third kappa shape index (κ3) is 4.40. The van der Waals surface area contributed by atoms with E-state index >= 15 is 0 Å². The van der Waals surface area contributed by atoms with Crippen LogP contribution in [0, 0.1) is 0 Å². The van der Waals surface area contributed by atoms with Gasteiger partial charge in [-0.1, -0.05) is 31.7 Å². The molecule has 5 heteroatoms. The fraction of sp³-hybridized carbons (Fsp3) is 0.600. The zero-order chi connectivity index (χ0) is 17.8. The third-order valence-electron chi connectivity index (χ3n) is 5.32. The van der Waals surface area contributed by atoms with Crippen LogP contribution in [-0.2, 0) is 22.5 Å². The average Bonchev–Trinajstić information content (AvgIpc) is 2.88. The lowest BCUT2D eigenvalue weighted by atomic mass is 9.97. The number of carboxylic acid groups (broad SMARTS) is 1. The maximum Gasteiger partial charge on any atom is 0.335 e. The number of aromatic carboxylic acids is 1. The Hall–Kier alpha value is -1.88. The Morgan fingerprint density at radius 2 is 1.88 bits per heavy atom. The normalized spacial score (nSPS) is 19.8. The number of nitrogens with zero attached hydrogens (tertiary/aromatic N) is 1. The molecular weight excluding hydrogens is 318 g/mol. The number of carbonyl (C=O) groups excluding carboxylic acids is 1. The van der Waals surface area contributed by atoms with Crippen molar-refractivity contribution in [2.45, 2.75) is 70.6 Å². The van der Waals surface area contributed by atoms with Crippen LogP contribution < -0.4 is 0 Å². The summed E-state index contributed by atoms with van der Waals surface area (Å²) in [5.41, 5.74) is 2.34. The Kier molecular flexibility index (Phi) is 5.74. The van der Waals surface area contributed by atoms with E-state index in [9.17, 15) is 9.59 Å². The van der Waals surface area contributed by atoms with Crippen molar-refractivity contribution in [3.8, 4) is 0 Å². The highest BCUT2D eigenvalue weighted by Gasteiger charge is 2.27. The Balaban J connectivity index is 1.62. The molecule has 1 aromatic carbocycles. The number of benzene rings is 1. The van der Waals surface area contributed by atoms with Crippen molar-refractivity contribution in [3.63, 3.8) is 0 Å². The Labute approximate surface area is 149 Å². The number of hydrogen-bond donors (Lipinski definition) is 1. The van der Waals surface area contributed by atoms with E-state index in [1.807, 2.05) is 13.0 Å². The summed E-state index contributed by atoms with van der Waals surface area (Å²) in [6.45, 7) is 2.97. The largest absolute Gasteiger partial charge is 0.478 e. The quantitative estimate of drug-likeness (QED) is 0.850. The summed E-state index contributed by atoms with van der Waals surface area (Å²) in [6, 6.07) is 5.19. The second-order valence-electron chi connectivity index (χ2n) is 7.19. The van der Waals surface area contributed by atoms with Gasteiger partial charge in [0.1, 0.15) is 6.10 Å². The van der Waals surface area contributed by atoms with Gasteiger partial charge in [-0.25, -0.2) is 4.79 Å². The minimum Gasteiger partial charge on any atom is -0.478 e. The molecule has 3 rings (SSSR count). The molecule has 1 fully saturated rings. The topological polar surface area (TPSA) is 66.8 Å². The minimum atomic E-state index is -0.934. The predicted molar refractivity (Wildman–Crippen MR) is 94.6 cm³/mol. The summed E-state index contributed by atoms with van der Waals surface area (Å²) in [5.74, 6) is -0.924.